The molecule has 18 heavy (non-hydrogen) atoms. The van der Waals surface area contributed by atoms with Crippen molar-refractivity contribution in [1.29, 1.82) is 0 Å². The first-order chi connectivity index (χ1) is 8.70. The van der Waals surface area contributed by atoms with Crippen LogP contribution in [0.4, 0.5) is 0 Å². The Morgan fingerprint density at radius 1 is 1.44 bits per heavy atom. The predicted octanol–water partition coefficient (Wildman–Crippen LogP) is 3.76. The van der Waals surface area contributed by atoms with Crippen LogP contribution in [0.1, 0.15) is 61.5 Å². The molecule has 0 spiro atoms. The summed E-state index contributed by atoms with van der Waals surface area (Å²) in [5, 5.41) is 4.86. The van der Waals surface area contributed by atoms with Crippen LogP contribution in [-0.2, 0) is 12.8 Å². The smallest absolute Gasteiger partial charge is 0.0931 e. The maximum Gasteiger partial charge on any atom is 0.0931 e. The monoisotopic (exact) mass is 266 g/mol. The fraction of sp³-hybridized carbons (Fsp3) is 0.800. The minimum Gasteiger partial charge on any atom is -0.316 e. The molecule has 1 aliphatic rings. The normalized spacial score (nSPS) is 19.2. The van der Waals surface area contributed by atoms with Gasteiger partial charge in [-0.25, -0.2) is 4.98 Å². The average molecular weight is 266 g/mol. The van der Waals surface area contributed by atoms with E-state index in [0.717, 1.165) is 19.0 Å². The van der Waals surface area contributed by atoms with Crippen molar-refractivity contribution >= 4 is 11.3 Å². The van der Waals surface area contributed by atoms with Crippen molar-refractivity contribution in [2.45, 2.75) is 58.8 Å². The molecule has 1 heterocycles. The summed E-state index contributed by atoms with van der Waals surface area (Å²) in [4.78, 5) is 6.51. The lowest BCUT2D eigenvalue weighted by Gasteiger charge is -2.21. The van der Waals surface area contributed by atoms with Crippen molar-refractivity contribution in [3.05, 3.63) is 15.6 Å². The highest BCUT2D eigenvalue weighted by Gasteiger charge is 2.24. The summed E-state index contributed by atoms with van der Waals surface area (Å²) in [7, 11) is 0. The molecule has 1 aromatic heterocycles. The van der Waals surface area contributed by atoms with E-state index in [0.29, 0.717) is 5.92 Å². The molecule has 0 radical (unpaired) electrons. The van der Waals surface area contributed by atoms with E-state index in [4.69, 9.17) is 4.98 Å². The van der Waals surface area contributed by atoms with Gasteiger partial charge in [-0.15, -0.1) is 11.3 Å². The topological polar surface area (TPSA) is 24.9 Å². The molecule has 0 bridgehead atoms. The quantitative estimate of drug-likeness (QED) is 0.848. The first kappa shape index (κ1) is 14.0. The van der Waals surface area contributed by atoms with E-state index in [1.165, 1.54) is 42.8 Å². The fourth-order valence-corrected chi connectivity index (χ4v) is 3.81. The maximum atomic E-state index is 4.94. The molecule has 102 valence electrons. The van der Waals surface area contributed by atoms with E-state index in [1.54, 1.807) is 4.88 Å². The van der Waals surface area contributed by atoms with Gasteiger partial charge in [0.05, 0.1) is 10.7 Å². The van der Waals surface area contributed by atoms with Gasteiger partial charge >= 0.3 is 0 Å². The molecule has 1 unspecified atom stereocenters. The molecule has 0 aromatic carbocycles. The number of nitrogens with one attached hydrogen (secondary N) is 1. The Balaban J connectivity index is 2.03. The second-order valence-electron chi connectivity index (χ2n) is 5.75. The highest BCUT2D eigenvalue weighted by Crippen LogP contribution is 2.34. The summed E-state index contributed by atoms with van der Waals surface area (Å²) in [6, 6.07) is 0. The Hall–Kier alpha value is -0.410. The van der Waals surface area contributed by atoms with Crippen molar-refractivity contribution in [2.75, 3.05) is 13.1 Å². The molecular weight excluding hydrogens is 240 g/mol. The van der Waals surface area contributed by atoms with Crippen LogP contribution < -0.4 is 5.32 Å². The molecule has 3 heteroatoms. The van der Waals surface area contributed by atoms with Crippen LogP contribution in [-0.4, -0.2) is 18.1 Å². The number of thiazole rings is 1. The van der Waals surface area contributed by atoms with Gasteiger partial charge in [-0.05, 0) is 44.6 Å². The zero-order valence-corrected chi connectivity index (χ0v) is 12.8. The number of likely N-dealkylation sites (N-methyl/N-ethyl adjacent to an activating group) is 1. The molecule has 1 N–H and O–H groups in total. The van der Waals surface area contributed by atoms with E-state index in [9.17, 15) is 0 Å². The molecule has 2 rings (SSSR count). The molecule has 0 fully saturated rings. The first-order valence-electron chi connectivity index (χ1n) is 7.39. The fourth-order valence-electron chi connectivity index (χ4n) is 2.59. The Kier molecular flexibility index (Phi) is 5.19. The molecule has 2 nitrogen and oxygen atoms in total. The lowest BCUT2D eigenvalue weighted by molar-refractivity contribution is 0.507. The highest BCUT2D eigenvalue weighted by molar-refractivity contribution is 7.11. The van der Waals surface area contributed by atoms with Gasteiger partial charge in [0.25, 0.3) is 0 Å². The first-order valence-corrected chi connectivity index (χ1v) is 8.21. The van der Waals surface area contributed by atoms with Gasteiger partial charge in [0.15, 0.2) is 0 Å². The Morgan fingerprint density at radius 3 is 3.00 bits per heavy atom. The van der Waals surface area contributed by atoms with Crippen LogP contribution in [0.3, 0.4) is 0 Å². The second kappa shape index (κ2) is 6.67. The standard InChI is InChI=1S/C15H26N2S/c1-4-16-10-12-6-5-7-13-15(12)17-14(18-13)9-8-11(2)3/h11-12,16H,4-10H2,1-3H3. The summed E-state index contributed by atoms with van der Waals surface area (Å²) >= 11 is 1.98. The molecule has 1 atom stereocenters. The van der Waals surface area contributed by atoms with Gasteiger partial charge in [-0.3, -0.25) is 0 Å². The third kappa shape index (κ3) is 3.55. The van der Waals surface area contributed by atoms with Gasteiger partial charge in [0.1, 0.15) is 0 Å². The molecule has 0 aliphatic heterocycles. The van der Waals surface area contributed by atoms with E-state index >= 15 is 0 Å². The Bertz CT molecular complexity index is 371. The number of hydrogen-bond donors (Lipinski definition) is 1. The third-order valence-corrected chi connectivity index (χ3v) is 4.88. The number of hydrogen-bond acceptors (Lipinski definition) is 3. The zero-order valence-electron chi connectivity index (χ0n) is 12.0. The third-order valence-electron chi connectivity index (χ3n) is 3.69. The second-order valence-corrected chi connectivity index (χ2v) is 6.91. The summed E-state index contributed by atoms with van der Waals surface area (Å²) in [5.41, 5.74) is 1.42. The lowest BCUT2D eigenvalue weighted by atomic mass is 9.91. The van der Waals surface area contributed by atoms with E-state index in [-0.39, 0.29) is 0 Å². The van der Waals surface area contributed by atoms with Gasteiger partial charge < -0.3 is 5.32 Å². The van der Waals surface area contributed by atoms with Crippen LogP contribution in [0, 0.1) is 5.92 Å². The predicted molar refractivity (Wildman–Crippen MR) is 79.5 cm³/mol. The summed E-state index contributed by atoms with van der Waals surface area (Å²) in [5.74, 6) is 1.45. The van der Waals surface area contributed by atoms with Crippen LogP contribution in [0.5, 0.6) is 0 Å². The SMILES string of the molecule is CCNCC1CCCc2sc(CCC(C)C)nc21. The number of rotatable bonds is 6. The number of aryl methyl sites for hydroxylation is 2. The number of fused-ring (bicyclic) bond motifs is 1. The van der Waals surface area contributed by atoms with Crippen LogP contribution in [0.2, 0.25) is 0 Å². The van der Waals surface area contributed by atoms with Crippen molar-refractivity contribution in [3.63, 3.8) is 0 Å². The molecular formula is C15H26N2S. The number of nitrogens with zero attached hydrogens (tertiary/aromatic N) is 1. The number of aromatic nitrogens is 1. The van der Waals surface area contributed by atoms with Gasteiger partial charge in [-0.1, -0.05) is 20.8 Å². The minimum absolute atomic E-state index is 0.665. The zero-order chi connectivity index (χ0) is 13.0. The van der Waals surface area contributed by atoms with Crippen molar-refractivity contribution < 1.29 is 0 Å². The van der Waals surface area contributed by atoms with Crippen LogP contribution in [0.25, 0.3) is 0 Å². The lowest BCUT2D eigenvalue weighted by Crippen LogP contribution is -2.24. The van der Waals surface area contributed by atoms with Gasteiger partial charge in [-0.2, -0.15) is 0 Å². The Labute approximate surface area is 115 Å². The van der Waals surface area contributed by atoms with Crippen molar-refractivity contribution in [2.24, 2.45) is 5.92 Å². The van der Waals surface area contributed by atoms with Crippen molar-refractivity contribution in [3.8, 4) is 0 Å². The van der Waals surface area contributed by atoms with E-state index in [1.807, 2.05) is 11.3 Å². The molecule has 1 aromatic rings. The van der Waals surface area contributed by atoms with Gasteiger partial charge in [0, 0.05) is 17.3 Å². The average Bonchev–Trinajstić information content (AvgIpc) is 2.77. The highest BCUT2D eigenvalue weighted by atomic mass is 32.1. The molecule has 0 saturated heterocycles. The molecule has 0 amide bonds. The van der Waals surface area contributed by atoms with E-state index in [2.05, 4.69) is 26.1 Å². The molecule has 1 aliphatic carbocycles. The van der Waals surface area contributed by atoms with Crippen molar-refractivity contribution in [1.82, 2.24) is 10.3 Å². The minimum atomic E-state index is 0.665. The van der Waals surface area contributed by atoms with Crippen LogP contribution in [0.15, 0.2) is 0 Å². The van der Waals surface area contributed by atoms with Gasteiger partial charge in [0.2, 0.25) is 0 Å². The van der Waals surface area contributed by atoms with Crippen LogP contribution >= 0.6 is 11.3 Å². The van der Waals surface area contributed by atoms with E-state index < -0.39 is 0 Å². The molecule has 0 saturated carbocycles. The summed E-state index contributed by atoms with van der Waals surface area (Å²) in [6.07, 6.45) is 6.35. The Morgan fingerprint density at radius 2 is 2.28 bits per heavy atom. The maximum absolute atomic E-state index is 4.94. The summed E-state index contributed by atoms with van der Waals surface area (Å²) < 4.78 is 0. The summed E-state index contributed by atoms with van der Waals surface area (Å²) in [6.45, 7) is 8.94. The largest absolute Gasteiger partial charge is 0.316 e.